The third kappa shape index (κ3) is 1.94. The van der Waals surface area contributed by atoms with Gasteiger partial charge in [-0.05, 0) is 29.7 Å². The number of amides is 1. The highest BCUT2D eigenvalue weighted by molar-refractivity contribution is 7.11. The van der Waals surface area contributed by atoms with E-state index in [-0.39, 0.29) is 5.91 Å². The molecule has 1 aliphatic heterocycles. The molecule has 19 heavy (non-hydrogen) atoms. The molecule has 1 aromatic carbocycles. The Labute approximate surface area is 115 Å². The molecular weight excluding hydrogens is 256 g/mol. The van der Waals surface area contributed by atoms with Crippen molar-refractivity contribution in [2.24, 2.45) is 0 Å². The Morgan fingerprint density at radius 3 is 2.79 bits per heavy atom. The van der Waals surface area contributed by atoms with E-state index in [9.17, 15) is 10.1 Å². The van der Waals surface area contributed by atoms with Crippen molar-refractivity contribution < 1.29 is 4.79 Å². The van der Waals surface area contributed by atoms with E-state index in [2.05, 4.69) is 6.07 Å². The Bertz CT molecular complexity index is 682. The maximum Gasteiger partial charge on any atom is 0.259 e. The number of rotatable bonds is 1. The lowest BCUT2D eigenvalue weighted by Gasteiger charge is -2.26. The lowest BCUT2D eigenvalue weighted by molar-refractivity contribution is 0.0794. The van der Waals surface area contributed by atoms with Gasteiger partial charge in [-0.3, -0.25) is 9.69 Å². The fourth-order valence-corrected chi connectivity index (χ4v) is 2.94. The summed E-state index contributed by atoms with van der Waals surface area (Å²) in [5, 5.41) is 11.3. The van der Waals surface area contributed by atoms with Crippen LogP contribution in [0.5, 0.6) is 0 Å². The van der Waals surface area contributed by atoms with E-state index < -0.39 is 6.04 Å². The Kier molecular flexibility index (Phi) is 2.90. The molecule has 0 N–H and O–H groups in total. The first-order valence-electron chi connectivity index (χ1n) is 5.84. The molecule has 0 spiro atoms. The molecule has 1 unspecified atom stereocenters. The third-order valence-corrected chi connectivity index (χ3v) is 3.96. The van der Waals surface area contributed by atoms with Crippen molar-refractivity contribution in [2.75, 3.05) is 0 Å². The summed E-state index contributed by atoms with van der Waals surface area (Å²) in [6.45, 7) is 0. The van der Waals surface area contributed by atoms with E-state index in [1.54, 1.807) is 29.7 Å². The predicted octanol–water partition coefficient (Wildman–Crippen LogP) is 3.44. The van der Waals surface area contributed by atoms with Crippen LogP contribution in [0.25, 0.3) is 6.08 Å². The highest BCUT2D eigenvalue weighted by atomic mass is 32.1. The third-order valence-electron chi connectivity index (χ3n) is 3.06. The molecule has 1 aromatic heterocycles. The first kappa shape index (κ1) is 11.7. The second kappa shape index (κ2) is 4.71. The molecule has 0 aliphatic carbocycles. The topological polar surface area (TPSA) is 44.1 Å². The highest BCUT2D eigenvalue weighted by Gasteiger charge is 2.29. The monoisotopic (exact) mass is 266 g/mol. The summed E-state index contributed by atoms with van der Waals surface area (Å²) in [5.74, 6) is -0.153. The molecule has 3 nitrogen and oxygen atoms in total. The molecule has 0 saturated carbocycles. The summed E-state index contributed by atoms with van der Waals surface area (Å²) in [6.07, 6.45) is 3.58. The molecule has 0 radical (unpaired) electrons. The molecule has 1 atom stereocenters. The van der Waals surface area contributed by atoms with Gasteiger partial charge in [0.15, 0.2) is 6.04 Å². The van der Waals surface area contributed by atoms with E-state index in [1.807, 2.05) is 35.7 Å². The zero-order chi connectivity index (χ0) is 13.2. The summed E-state index contributed by atoms with van der Waals surface area (Å²) in [4.78, 5) is 15.0. The number of fused-ring (bicyclic) bond motifs is 1. The largest absolute Gasteiger partial charge is 0.294 e. The van der Waals surface area contributed by atoms with Crippen LogP contribution in [0.2, 0.25) is 0 Å². The van der Waals surface area contributed by atoms with Crippen molar-refractivity contribution in [1.29, 1.82) is 5.26 Å². The van der Waals surface area contributed by atoms with E-state index in [1.165, 1.54) is 4.90 Å². The Morgan fingerprint density at radius 2 is 2.05 bits per heavy atom. The summed E-state index contributed by atoms with van der Waals surface area (Å²) >= 11 is 1.58. The second-order valence-electron chi connectivity index (χ2n) is 4.17. The molecule has 92 valence electrons. The van der Waals surface area contributed by atoms with Crippen molar-refractivity contribution in [3.8, 4) is 6.07 Å². The predicted molar refractivity (Wildman–Crippen MR) is 74.3 cm³/mol. The first-order valence-corrected chi connectivity index (χ1v) is 6.72. The SMILES string of the molecule is N#CC1c2ccsc2C=CN1C(=O)c1ccccc1. The van der Waals surface area contributed by atoms with Gasteiger partial charge < -0.3 is 0 Å². The van der Waals surface area contributed by atoms with Gasteiger partial charge in [-0.1, -0.05) is 18.2 Å². The number of benzene rings is 1. The van der Waals surface area contributed by atoms with Crippen LogP contribution >= 0.6 is 11.3 Å². The van der Waals surface area contributed by atoms with Gasteiger partial charge >= 0.3 is 0 Å². The zero-order valence-electron chi connectivity index (χ0n) is 9.98. The maximum atomic E-state index is 12.4. The van der Waals surface area contributed by atoms with Crippen molar-refractivity contribution in [3.05, 3.63) is 64.0 Å². The van der Waals surface area contributed by atoms with Gasteiger partial charge in [0.25, 0.3) is 5.91 Å². The molecule has 0 bridgehead atoms. The number of carbonyl (C=O) groups excluding carboxylic acids is 1. The van der Waals surface area contributed by atoms with Crippen LogP contribution in [-0.4, -0.2) is 10.8 Å². The lowest BCUT2D eigenvalue weighted by atomic mass is 10.0. The smallest absolute Gasteiger partial charge is 0.259 e. The minimum atomic E-state index is -0.543. The standard InChI is InChI=1S/C15H10N2OS/c16-10-13-12-7-9-19-14(12)6-8-17(13)15(18)11-4-2-1-3-5-11/h1-9,13H. The average molecular weight is 266 g/mol. The molecule has 2 aromatic rings. The normalized spacial score (nSPS) is 16.8. The minimum absolute atomic E-state index is 0.153. The van der Waals surface area contributed by atoms with Crippen LogP contribution in [0.1, 0.15) is 26.8 Å². The van der Waals surface area contributed by atoms with Crippen LogP contribution in [0.15, 0.2) is 48.0 Å². The summed E-state index contributed by atoms with van der Waals surface area (Å²) in [5.41, 5.74) is 1.49. The maximum absolute atomic E-state index is 12.4. The lowest BCUT2D eigenvalue weighted by Crippen LogP contribution is -2.31. The number of thiophene rings is 1. The van der Waals surface area contributed by atoms with Crippen LogP contribution in [0.4, 0.5) is 0 Å². The molecule has 0 saturated heterocycles. The summed E-state index contributed by atoms with van der Waals surface area (Å²) < 4.78 is 0. The number of hydrogen-bond acceptors (Lipinski definition) is 3. The van der Waals surface area contributed by atoms with E-state index in [4.69, 9.17) is 0 Å². The van der Waals surface area contributed by atoms with Crippen LogP contribution in [-0.2, 0) is 0 Å². The Hall–Kier alpha value is -2.38. The first-order chi connectivity index (χ1) is 9.31. The number of hydrogen-bond donors (Lipinski definition) is 0. The molecular formula is C15H10N2OS. The van der Waals surface area contributed by atoms with Gasteiger partial charge in [-0.15, -0.1) is 11.3 Å². The molecule has 0 fully saturated rings. The van der Waals surface area contributed by atoms with Crippen LogP contribution in [0.3, 0.4) is 0 Å². The number of carbonyl (C=O) groups is 1. The Morgan fingerprint density at radius 1 is 1.26 bits per heavy atom. The van der Waals surface area contributed by atoms with Gasteiger partial charge in [-0.25, -0.2) is 0 Å². The molecule has 2 heterocycles. The van der Waals surface area contributed by atoms with Gasteiger partial charge in [0.2, 0.25) is 0 Å². The van der Waals surface area contributed by atoms with Crippen molar-refractivity contribution in [2.45, 2.75) is 6.04 Å². The number of nitriles is 1. The molecule has 3 rings (SSSR count). The van der Waals surface area contributed by atoms with Gasteiger partial charge in [0, 0.05) is 22.2 Å². The average Bonchev–Trinajstić information content (AvgIpc) is 2.94. The molecule has 4 heteroatoms. The van der Waals surface area contributed by atoms with Crippen molar-refractivity contribution in [1.82, 2.24) is 4.90 Å². The minimum Gasteiger partial charge on any atom is -0.294 e. The summed E-state index contributed by atoms with van der Waals surface area (Å²) in [6, 6.07) is 12.6. The molecule has 1 aliphatic rings. The van der Waals surface area contributed by atoms with E-state index in [0.29, 0.717) is 5.56 Å². The fourth-order valence-electron chi connectivity index (χ4n) is 2.12. The zero-order valence-corrected chi connectivity index (χ0v) is 10.8. The second-order valence-corrected chi connectivity index (χ2v) is 5.11. The van der Waals surface area contributed by atoms with E-state index in [0.717, 1.165) is 10.4 Å². The van der Waals surface area contributed by atoms with Gasteiger partial charge in [0.1, 0.15) is 0 Å². The Balaban J connectivity index is 1.99. The van der Waals surface area contributed by atoms with Crippen LogP contribution < -0.4 is 0 Å². The van der Waals surface area contributed by atoms with Crippen molar-refractivity contribution >= 4 is 23.3 Å². The van der Waals surface area contributed by atoms with Gasteiger partial charge in [0.05, 0.1) is 6.07 Å². The fraction of sp³-hybridized carbons (Fsp3) is 0.0667. The van der Waals surface area contributed by atoms with Gasteiger partial charge in [-0.2, -0.15) is 5.26 Å². The number of nitrogens with zero attached hydrogens (tertiary/aromatic N) is 2. The quantitative estimate of drug-likeness (QED) is 0.793. The molecule has 1 amide bonds. The van der Waals surface area contributed by atoms with E-state index >= 15 is 0 Å². The van der Waals surface area contributed by atoms with Crippen molar-refractivity contribution in [3.63, 3.8) is 0 Å². The summed E-state index contributed by atoms with van der Waals surface area (Å²) in [7, 11) is 0. The highest BCUT2D eigenvalue weighted by Crippen LogP contribution is 2.34. The van der Waals surface area contributed by atoms with Crippen LogP contribution in [0, 0.1) is 11.3 Å².